The minimum atomic E-state index is -0.537. The zero-order valence-corrected chi connectivity index (χ0v) is 8.03. The van der Waals surface area contributed by atoms with Gasteiger partial charge >= 0.3 is 0 Å². The molecule has 13 heavy (non-hydrogen) atoms. The van der Waals surface area contributed by atoms with Crippen LogP contribution in [0, 0.1) is 0 Å². The second-order valence-corrected chi connectivity index (χ2v) is 2.94. The van der Waals surface area contributed by atoms with Crippen LogP contribution in [-0.2, 0) is 0 Å². The molecule has 1 rings (SSSR count). The van der Waals surface area contributed by atoms with E-state index in [9.17, 15) is 5.11 Å². The summed E-state index contributed by atoms with van der Waals surface area (Å²) in [4.78, 5) is 4.02. The third-order valence-electron chi connectivity index (χ3n) is 1.65. The molecule has 0 aromatic carbocycles. The largest absolute Gasteiger partial charge is 0.493 e. The molecule has 1 unspecified atom stereocenters. The van der Waals surface area contributed by atoms with Crippen molar-refractivity contribution in [1.29, 1.82) is 0 Å². The predicted octanol–water partition coefficient (Wildman–Crippen LogP) is 1.92. The van der Waals surface area contributed by atoms with Crippen LogP contribution in [0.1, 0.15) is 32.1 Å². The maximum atomic E-state index is 9.26. The van der Waals surface area contributed by atoms with E-state index in [0.29, 0.717) is 12.3 Å². The number of aromatic nitrogens is 1. The molecule has 3 heteroatoms. The third kappa shape index (κ3) is 3.03. The van der Waals surface area contributed by atoms with Gasteiger partial charge in [0.15, 0.2) is 0 Å². The Labute approximate surface area is 78.4 Å². The van der Waals surface area contributed by atoms with Crippen LogP contribution in [0.25, 0.3) is 0 Å². The van der Waals surface area contributed by atoms with Crippen LogP contribution in [0.5, 0.6) is 5.75 Å². The second kappa shape index (κ2) is 4.82. The fraction of sp³-hybridized carbons (Fsp3) is 0.500. The van der Waals surface area contributed by atoms with Crippen molar-refractivity contribution in [2.24, 2.45) is 0 Å². The van der Waals surface area contributed by atoms with E-state index in [1.165, 1.54) is 0 Å². The minimum Gasteiger partial charge on any atom is -0.493 e. The van der Waals surface area contributed by atoms with Gasteiger partial charge in [-0.3, -0.25) is 4.98 Å². The van der Waals surface area contributed by atoms with Crippen molar-refractivity contribution in [2.75, 3.05) is 6.61 Å². The van der Waals surface area contributed by atoms with Crippen LogP contribution >= 0.6 is 0 Å². The Balaban J connectivity index is 2.68. The lowest BCUT2D eigenvalue weighted by Crippen LogP contribution is -1.99. The fourth-order valence-corrected chi connectivity index (χ4v) is 0.966. The van der Waals surface area contributed by atoms with E-state index in [0.717, 1.165) is 12.2 Å². The molecule has 0 amide bonds. The van der Waals surface area contributed by atoms with E-state index < -0.39 is 6.10 Å². The smallest absolute Gasteiger partial charge is 0.122 e. The molecule has 0 bridgehead atoms. The summed E-state index contributed by atoms with van der Waals surface area (Å²) in [6, 6.07) is 3.56. The van der Waals surface area contributed by atoms with Crippen molar-refractivity contribution in [3.8, 4) is 5.75 Å². The monoisotopic (exact) mass is 181 g/mol. The summed E-state index contributed by atoms with van der Waals surface area (Å²) in [5.41, 5.74) is 0.647. The zero-order chi connectivity index (χ0) is 9.68. The molecule has 1 aromatic rings. The Hall–Kier alpha value is -1.09. The highest BCUT2D eigenvalue weighted by Gasteiger charge is 2.02. The molecule has 0 aliphatic carbocycles. The molecule has 1 heterocycles. The number of pyridine rings is 1. The Bertz CT molecular complexity index is 261. The molecule has 0 saturated heterocycles. The van der Waals surface area contributed by atoms with Crippen LogP contribution in [0.4, 0.5) is 0 Å². The van der Waals surface area contributed by atoms with Crippen LogP contribution in [0.15, 0.2) is 18.3 Å². The topological polar surface area (TPSA) is 42.4 Å². The van der Waals surface area contributed by atoms with Gasteiger partial charge in [-0.05, 0) is 19.4 Å². The molecular formula is C10H15NO2. The standard InChI is InChI=1S/C10H15NO2/c1-3-6-13-9-4-5-11-10(7-9)8(2)12/h4-5,7-8,12H,3,6H2,1-2H3. The summed E-state index contributed by atoms with van der Waals surface area (Å²) in [5, 5.41) is 9.26. The SMILES string of the molecule is CCCOc1ccnc(C(C)O)c1. The molecule has 0 spiro atoms. The Morgan fingerprint density at radius 2 is 2.38 bits per heavy atom. The van der Waals surface area contributed by atoms with E-state index in [1.807, 2.05) is 0 Å². The summed E-state index contributed by atoms with van der Waals surface area (Å²) in [6.45, 7) is 4.44. The molecule has 0 aliphatic rings. The number of hydrogen-bond donors (Lipinski definition) is 1. The first-order valence-corrected chi connectivity index (χ1v) is 4.51. The molecule has 72 valence electrons. The molecule has 0 radical (unpaired) electrons. The summed E-state index contributed by atoms with van der Waals surface area (Å²) in [6.07, 6.45) is 2.09. The third-order valence-corrected chi connectivity index (χ3v) is 1.65. The van der Waals surface area contributed by atoms with Crippen molar-refractivity contribution in [2.45, 2.75) is 26.4 Å². The van der Waals surface area contributed by atoms with Crippen LogP contribution < -0.4 is 4.74 Å². The van der Waals surface area contributed by atoms with Crippen molar-refractivity contribution in [1.82, 2.24) is 4.98 Å². The lowest BCUT2D eigenvalue weighted by Gasteiger charge is -2.07. The summed E-state index contributed by atoms with van der Waals surface area (Å²) in [7, 11) is 0. The Morgan fingerprint density at radius 1 is 1.62 bits per heavy atom. The minimum absolute atomic E-state index is 0.537. The quantitative estimate of drug-likeness (QED) is 0.771. The average Bonchev–Trinajstić information content (AvgIpc) is 2.15. The van der Waals surface area contributed by atoms with E-state index in [1.54, 1.807) is 25.3 Å². The number of ether oxygens (including phenoxy) is 1. The summed E-state index contributed by atoms with van der Waals surface area (Å²) in [5.74, 6) is 0.771. The molecule has 0 fully saturated rings. The number of aliphatic hydroxyl groups is 1. The van der Waals surface area contributed by atoms with E-state index in [-0.39, 0.29) is 0 Å². The molecule has 3 nitrogen and oxygen atoms in total. The first-order valence-electron chi connectivity index (χ1n) is 4.51. The van der Waals surface area contributed by atoms with Gasteiger partial charge in [-0.15, -0.1) is 0 Å². The van der Waals surface area contributed by atoms with E-state index in [4.69, 9.17) is 4.74 Å². The zero-order valence-electron chi connectivity index (χ0n) is 8.03. The van der Waals surface area contributed by atoms with Gasteiger partial charge in [0.2, 0.25) is 0 Å². The van der Waals surface area contributed by atoms with Gasteiger partial charge in [-0.2, -0.15) is 0 Å². The van der Waals surface area contributed by atoms with E-state index >= 15 is 0 Å². The van der Waals surface area contributed by atoms with Gasteiger partial charge in [0.05, 0.1) is 18.4 Å². The number of nitrogens with zero attached hydrogens (tertiary/aromatic N) is 1. The molecule has 1 atom stereocenters. The maximum Gasteiger partial charge on any atom is 0.122 e. The van der Waals surface area contributed by atoms with Crippen LogP contribution in [0.2, 0.25) is 0 Å². The highest BCUT2D eigenvalue weighted by atomic mass is 16.5. The van der Waals surface area contributed by atoms with Gasteiger partial charge in [0.25, 0.3) is 0 Å². The number of hydrogen-bond acceptors (Lipinski definition) is 3. The van der Waals surface area contributed by atoms with Gasteiger partial charge in [-0.25, -0.2) is 0 Å². The van der Waals surface area contributed by atoms with Crippen LogP contribution in [-0.4, -0.2) is 16.7 Å². The van der Waals surface area contributed by atoms with Crippen molar-refractivity contribution in [3.63, 3.8) is 0 Å². The Morgan fingerprint density at radius 3 is 3.00 bits per heavy atom. The van der Waals surface area contributed by atoms with Gasteiger partial charge in [0, 0.05) is 12.3 Å². The fourth-order valence-electron chi connectivity index (χ4n) is 0.966. The molecule has 1 aromatic heterocycles. The second-order valence-electron chi connectivity index (χ2n) is 2.94. The van der Waals surface area contributed by atoms with Gasteiger partial charge < -0.3 is 9.84 Å². The highest BCUT2D eigenvalue weighted by Crippen LogP contribution is 2.16. The normalized spacial score (nSPS) is 12.5. The number of aliphatic hydroxyl groups excluding tert-OH is 1. The van der Waals surface area contributed by atoms with Crippen molar-refractivity contribution in [3.05, 3.63) is 24.0 Å². The van der Waals surface area contributed by atoms with Gasteiger partial charge in [-0.1, -0.05) is 6.92 Å². The van der Waals surface area contributed by atoms with Gasteiger partial charge in [0.1, 0.15) is 5.75 Å². The maximum absolute atomic E-state index is 9.26. The number of rotatable bonds is 4. The first-order chi connectivity index (χ1) is 6.24. The summed E-state index contributed by atoms with van der Waals surface area (Å²) >= 11 is 0. The van der Waals surface area contributed by atoms with E-state index in [2.05, 4.69) is 11.9 Å². The average molecular weight is 181 g/mol. The highest BCUT2D eigenvalue weighted by molar-refractivity contribution is 5.23. The molecule has 0 aliphatic heterocycles. The van der Waals surface area contributed by atoms with Crippen LogP contribution in [0.3, 0.4) is 0 Å². The summed E-state index contributed by atoms with van der Waals surface area (Å²) < 4.78 is 5.39. The van der Waals surface area contributed by atoms with Crippen molar-refractivity contribution < 1.29 is 9.84 Å². The molecule has 0 saturated carbocycles. The first kappa shape index (κ1) is 9.99. The Kier molecular flexibility index (Phi) is 3.71. The van der Waals surface area contributed by atoms with Crippen molar-refractivity contribution >= 4 is 0 Å². The molecule has 1 N–H and O–H groups in total. The lowest BCUT2D eigenvalue weighted by atomic mass is 10.2. The molecular weight excluding hydrogens is 166 g/mol. The lowest BCUT2D eigenvalue weighted by molar-refractivity contribution is 0.193. The predicted molar refractivity (Wildman–Crippen MR) is 50.7 cm³/mol.